The van der Waals surface area contributed by atoms with Crippen LogP contribution in [0.4, 0.5) is 4.79 Å². The van der Waals surface area contributed by atoms with Crippen LogP contribution in [0.2, 0.25) is 0 Å². The normalized spacial score (nSPS) is 11.6. The molecule has 0 unspecified atom stereocenters. The van der Waals surface area contributed by atoms with Gasteiger partial charge in [-0.2, -0.15) is 0 Å². The molecule has 0 fully saturated rings. The molecular formula is C25H23NO3. The molecule has 0 atom stereocenters. The Bertz CT molecular complexity index is 1170. The van der Waals surface area contributed by atoms with Crippen molar-refractivity contribution in [2.45, 2.75) is 26.4 Å². The molecule has 4 nitrogen and oxygen atoms in total. The van der Waals surface area contributed by atoms with E-state index in [-0.39, 0.29) is 5.75 Å². The summed E-state index contributed by atoms with van der Waals surface area (Å²) in [6.45, 7) is 5.53. The first-order valence-electron chi connectivity index (χ1n) is 9.56. The summed E-state index contributed by atoms with van der Waals surface area (Å²) in [4.78, 5) is 12.9. The Morgan fingerprint density at radius 1 is 0.862 bits per heavy atom. The zero-order chi connectivity index (χ0) is 20.6. The summed E-state index contributed by atoms with van der Waals surface area (Å²) in [7, 11) is 0. The first-order valence-corrected chi connectivity index (χ1v) is 9.56. The highest BCUT2D eigenvalue weighted by Crippen LogP contribution is 2.42. The van der Waals surface area contributed by atoms with E-state index in [0.717, 1.165) is 22.1 Å². The molecule has 0 spiro atoms. The molecule has 4 heteroatoms. The Morgan fingerprint density at radius 2 is 1.45 bits per heavy atom. The van der Waals surface area contributed by atoms with E-state index in [1.807, 2.05) is 81.4 Å². The zero-order valence-electron chi connectivity index (χ0n) is 16.7. The van der Waals surface area contributed by atoms with Crippen LogP contribution in [0.15, 0.2) is 79.0 Å². The predicted molar refractivity (Wildman–Crippen MR) is 116 cm³/mol. The van der Waals surface area contributed by atoms with Crippen LogP contribution in [-0.4, -0.2) is 21.4 Å². The summed E-state index contributed by atoms with van der Waals surface area (Å²) in [5, 5.41) is 11.6. The van der Waals surface area contributed by atoms with E-state index < -0.39 is 11.7 Å². The Kier molecular flexibility index (Phi) is 4.63. The van der Waals surface area contributed by atoms with Crippen LogP contribution in [0.1, 0.15) is 20.8 Å². The second-order valence-corrected chi connectivity index (χ2v) is 7.98. The van der Waals surface area contributed by atoms with Crippen LogP contribution in [0.5, 0.6) is 5.75 Å². The van der Waals surface area contributed by atoms with Gasteiger partial charge in [-0.05, 0) is 44.0 Å². The number of ether oxygens (including phenoxy) is 1. The van der Waals surface area contributed by atoms with Crippen molar-refractivity contribution in [1.29, 1.82) is 0 Å². The number of aromatic nitrogens is 1. The molecule has 0 bridgehead atoms. The maximum absolute atomic E-state index is 12.9. The SMILES string of the molecule is CC(C)(C)OC(=O)n1cc(-c2ccccc2)c2c(-c3ccccc3)c(O)ccc21. The number of nitrogens with zero attached hydrogens (tertiary/aromatic N) is 1. The van der Waals surface area contributed by atoms with Crippen LogP contribution in [0, 0.1) is 0 Å². The second-order valence-electron chi connectivity index (χ2n) is 7.98. The number of hydrogen-bond donors (Lipinski definition) is 1. The number of phenols is 1. The lowest BCUT2D eigenvalue weighted by Gasteiger charge is -2.19. The molecule has 0 saturated carbocycles. The number of aromatic hydroxyl groups is 1. The smallest absolute Gasteiger partial charge is 0.419 e. The summed E-state index contributed by atoms with van der Waals surface area (Å²) in [5.74, 6) is 0.169. The molecule has 146 valence electrons. The van der Waals surface area contributed by atoms with E-state index in [1.54, 1.807) is 18.3 Å². The van der Waals surface area contributed by atoms with Gasteiger partial charge in [0.25, 0.3) is 0 Å². The van der Waals surface area contributed by atoms with Crippen LogP contribution < -0.4 is 0 Å². The quantitative estimate of drug-likeness (QED) is 0.430. The van der Waals surface area contributed by atoms with Gasteiger partial charge in [-0.15, -0.1) is 0 Å². The van der Waals surface area contributed by atoms with Crippen molar-refractivity contribution in [2.24, 2.45) is 0 Å². The van der Waals surface area contributed by atoms with E-state index in [9.17, 15) is 9.90 Å². The fourth-order valence-corrected chi connectivity index (χ4v) is 3.51. The van der Waals surface area contributed by atoms with Crippen LogP contribution in [0.25, 0.3) is 33.2 Å². The average molecular weight is 385 g/mol. The van der Waals surface area contributed by atoms with Gasteiger partial charge in [0.1, 0.15) is 11.4 Å². The molecule has 1 heterocycles. The van der Waals surface area contributed by atoms with E-state index >= 15 is 0 Å². The van der Waals surface area contributed by atoms with Gasteiger partial charge in [-0.1, -0.05) is 60.7 Å². The summed E-state index contributed by atoms with van der Waals surface area (Å²) < 4.78 is 7.14. The van der Waals surface area contributed by atoms with Crippen LogP contribution in [-0.2, 0) is 4.74 Å². The molecule has 0 amide bonds. The van der Waals surface area contributed by atoms with Crippen molar-refractivity contribution in [3.8, 4) is 28.0 Å². The lowest BCUT2D eigenvalue weighted by atomic mass is 9.95. The summed E-state index contributed by atoms with van der Waals surface area (Å²) in [5.41, 5.74) is 3.48. The molecule has 1 aromatic heterocycles. The molecule has 4 aromatic rings. The molecule has 1 N–H and O–H groups in total. The highest BCUT2D eigenvalue weighted by atomic mass is 16.6. The fourth-order valence-electron chi connectivity index (χ4n) is 3.51. The van der Waals surface area contributed by atoms with Crippen LogP contribution in [0.3, 0.4) is 0 Å². The predicted octanol–water partition coefficient (Wildman–Crippen LogP) is 6.46. The van der Waals surface area contributed by atoms with Crippen molar-refractivity contribution in [2.75, 3.05) is 0 Å². The van der Waals surface area contributed by atoms with Crippen molar-refractivity contribution in [3.05, 3.63) is 79.0 Å². The maximum Gasteiger partial charge on any atom is 0.419 e. The van der Waals surface area contributed by atoms with Gasteiger partial charge in [-0.3, -0.25) is 4.57 Å². The summed E-state index contributed by atoms with van der Waals surface area (Å²) in [6, 6.07) is 22.9. The number of benzene rings is 3. The van der Waals surface area contributed by atoms with Gasteiger partial charge in [0.15, 0.2) is 0 Å². The molecule has 0 aliphatic heterocycles. The minimum Gasteiger partial charge on any atom is -0.507 e. The number of carbonyl (C=O) groups is 1. The third-order valence-corrected chi connectivity index (χ3v) is 4.69. The minimum absolute atomic E-state index is 0.169. The number of rotatable bonds is 2. The van der Waals surface area contributed by atoms with Crippen molar-refractivity contribution in [3.63, 3.8) is 0 Å². The molecule has 4 rings (SSSR count). The monoisotopic (exact) mass is 385 g/mol. The standard InChI is InChI=1S/C25H23NO3/c1-25(2,3)29-24(28)26-16-19(17-10-6-4-7-11-17)23-20(26)14-15-21(27)22(23)18-12-8-5-9-13-18/h4-16,27H,1-3H3. The lowest BCUT2D eigenvalue weighted by molar-refractivity contribution is 0.0544. The molecule has 0 radical (unpaired) electrons. The van der Waals surface area contributed by atoms with Crippen molar-refractivity contribution >= 4 is 17.0 Å². The number of fused-ring (bicyclic) bond motifs is 1. The zero-order valence-corrected chi connectivity index (χ0v) is 16.7. The van der Waals surface area contributed by atoms with Gasteiger partial charge in [0.2, 0.25) is 0 Å². The van der Waals surface area contributed by atoms with Gasteiger partial charge in [-0.25, -0.2) is 4.79 Å². The first kappa shape index (κ1) is 18.8. The van der Waals surface area contributed by atoms with E-state index in [4.69, 9.17) is 4.74 Å². The van der Waals surface area contributed by atoms with Gasteiger partial charge in [0, 0.05) is 22.7 Å². The molecule has 0 aliphatic rings. The number of carbonyl (C=O) groups excluding carboxylic acids is 1. The lowest BCUT2D eigenvalue weighted by Crippen LogP contribution is -2.26. The van der Waals surface area contributed by atoms with Gasteiger partial charge >= 0.3 is 6.09 Å². The molecule has 3 aromatic carbocycles. The Labute approximate surface area is 170 Å². The highest BCUT2D eigenvalue weighted by Gasteiger charge is 2.24. The number of hydrogen-bond acceptors (Lipinski definition) is 3. The Morgan fingerprint density at radius 3 is 2.03 bits per heavy atom. The van der Waals surface area contributed by atoms with Crippen LogP contribution >= 0.6 is 0 Å². The summed E-state index contributed by atoms with van der Waals surface area (Å²) >= 11 is 0. The van der Waals surface area contributed by atoms with Gasteiger partial charge < -0.3 is 9.84 Å². The highest BCUT2D eigenvalue weighted by molar-refractivity contribution is 6.10. The molecular weight excluding hydrogens is 362 g/mol. The minimum atomic E-state index is -0.611. The Balaban J connectivity index is 2.05. The number of phenolic OH excluding ortho intramolecular Hbond substituents is 1. The largest absolute Gasteiger partial charge is 0.507 e. The molecule has 0 aliphatic carbocycles. The third kappa shape index (κ3) is 3.61. The van der Waals surface area contributed by atoms with E-state index in [1.165, 1.54) is 4.57 Å². The maximum atomic E-state index is 12.9. The average Bonchev–Trinajstić information content (AvgIpc) is 3.08. The van der Waals surface area contributed by atoms with E-state index in [2.05, 4.69) is 0 Å². The van der Waals surface area contributed by atoms with E-state index in [0.29, 0.717) is 11.1 Å². The van der Waals surface area contributed by atoms with Crippen molar-refractivity contribution in [1.82, 2.24) is 4.57 Å². The summed E-state index contributed by atoms with van der Waals surface area (Å²) in [6.07, 6.45) is 1.34. The molecule has 0 saturated heterocycles. The van der Waals surface area contributed by atoms with Crippen molar-refractivity contribution < 1.29 is 14.6 Å². The molecule has 29 heavy (non-hydrogen) atoms. The Hall–Kier alpha value is -3.53. The third-order valence-electron chi connectivity index (χ3n) is 4.69. The first-order chi connectivity index (χ1) is 13.8. The fraction of sp³-hybridized carbons (Fsp3) is 0.160. The topological polar surface area (TPSA) is 51.5 Å². The second kappa shape index (κ2) is 7.13. The van der Waals surface area contributed by atoms with Gasteiger partial charge in [0.05, 0.1) is 5.52 Å².